The summed E-state index contributed by atoms with van der Waals surface area (Å²) in [5.41, 5.74) is 0. The largest absolute Gasteiger partial charge is 0.338 e. The third kappa shape index (κ3) is 2.79. The minimum atomic E-state index is -0.620. The first-order valence-corrected chi connectivity index (χ1v) is 12.2. The highest BCUT2D eigenvalue weighted by Gasteiger charge is 2.54. The molecular weight excluding hydrogens is 339 g/mol. The van der Waals surface area contributed by atoms with E-state index in [1.165, 1.54) is 49.2 Å². The van der Waals surface area contributed by atoms with E-state index < -0.39 is 6.15 Å². The Labute approximate surface area is 144 Å². The highest BCUT2D eigenvalue weighted by Crippen LogP contribution is 2.45. The van der Waals surface area contributed by atoms with Crippen molar-refractivity contribution in [2.45, 2.75) is 21.1 Å². The van der Waals surface area contributed by atoms with E-state index in [9.17, 15) is 0 Å². The van der Waals surface area contributed by atoms with Gasteiger partial charge in [-0.2, -0.15) is 47.0 Å². The molecule has 4 aliphatic heterocycles. The van der Waals surface area contributed by atoms with Crippen molar-refractivity contribution in [2.75, 3.05) is 49.2 Å². The zero-order valence-corrected chi connectivity index (χ0v) is 15.4. The third-order valence-corrected chi connectivity index (χ3v) is 10.8. The summed E-state index contributed by atoms with van der Waals surface area (Å²) in [4.78, 5) is 0. The Morgan fingerprint density at radius 2 is 0.810 bits per heavy atom. The van der Waals surface area contributed by atoms with E-state index in [1.807, 2.05) is 0 Å². The molecule has 4 aliphatic rings. The average molecular weight is 363 g/mol. The first-order chi connectivity index (χ1) is 10.4. The molecule has 4 fully saturated rings. The van der Waals surface area contributed by atoms with Crippen LogP contribution in [-0.2, 0) is 0 Å². The van der Waals surface area contributed by atoms with Gasteiger partial charge in [0.2, 0.25) is 0 Å². The molecule has 9 heteroatoms. The van der Waals surface area contributed by atoms with E-state index in [4.69, 9.17) is 0 Å². The lowest BCUT2D eigenvalue weighted by atomic mass is 9.22. The van der Waals surface area contributed by atoms with Crippen molar-refractivity contribution in [3.8, 4) is 0 Å². The summed E-state index contributed by atoms with van der Waals surface area (Å²) in [5, 5.41) is 17.9. The molecule has 0 aliphatic carbocycles. The quantitative estimate of drug-likeness (QED) is 0.530. The Balaban J connectivity index is 1.71. The SMILES string of the molecule is C1CSC([B-](C2NCCS2)(C2NCCS2)C2NCCS2)N1. The first-order valence-electron chi connectivity index (χ1n) is 8.00. The molecule has 0 amide bonds. The minimum Gasteiger partial charge on any atom is -0.338 e. The van der Waals surface area contributed by atoms with Crippen LogP contribution in [0.3, 0.4) is 0 Å². The summed E-state index contributed by atoms with van der Waals surface area (Å²) >= 11 is 8.67. The minimum absolute atomic E-state index is 0.610. The molecule has 0 spiro atoms. The molecule has 4 atom stereocenters. The van der Waals surface area contributed by atoms with Crippen molar-refractivity contribution in [2.24, 2.45) is 0 Å². The van der Waals surface area contributed by atoms with Crippen molar-refractivity contribution < 1.29 is 0 Å². The molecule has 4 unspecified atom stereocenters. The van der Waals surface area contributed by atoms with Crippen molar-refractivity contribution in [3.05, 3.63) is 0 Å². The number of rotatable bonds is 4. The Morgan fingerprint density at radius 1 is 0.524 bits per heavy atom. The number of thioether (sulfide) groups is 4. The summed E-state index contributed by atoms with van der Waals surface area (Å²) in [5.74, 6) is 5.06. The van der Waals surface area contributed by atoms with Crippen LogP contribution in [0.5, 0.6) is 0 Å². The van der Waals surface area contributed by atoms with Gasteiger partial charge >= 0.3 is 0 Å². The summed E-state index contributed by atoms with van der Waals surface area (Å²) in [6, 6.07) is 0. The van der Waals surface area contributed by atoms with Gasteiger partial charge in [0.1, 0.15) is 6.15 Å². The number of hydrogen-bond donors (Lipinski definition) is 4. The molecule has 0 bridgehead atoms. The van der Waals surface area contributed by atoms with Gasteiger partial charge in [-0.1, -0.05) is 21.1 Å². The summed E-state index contributed by atoms with van der Waals surface area (Å²) in [6.45, 7) is 4.69. The normalized spacial score (nSPS) is 43.4. The van der Waals surface area contributed by atoms with E-state index in [0.29, 0.717) is 21.1 Å². The standard InChI is InChI=1S/C12H24BN4S4/c1-5-18-9(14-1)13(10-15-2-6-19-10,11-16-3-7-20-11)12-17-4-8-21-12/h9-12,14-17H,1-8H2/q-1. The number of hydrogen-bond acceptors (Lipinski definition) is 8. The van der Waals surface area contributed by atoms with Crippen LogP contribution < -0.4 is 21.3 Å². The highest BCUT2D eigenvalue weighted by molar-refractivity contribution is 8.09. The maximum Gasteiger partial charge on any atom is 0.116 e. The van der Waals surface area contributed by atoms with Gasteiger partial charge in [0.15, 0.2) is 0 Å². The van der Waals surface area contributed by atoms with Crippen molar-refractivity contribution >= 4 is 53.2 Å². The van der Waals surface area contributed by atoms with Gasteiger partial charge in [-0.25, -0.2) is 0 Å². The van der Waals surface area contributed by atoms with Gasteiger partial charge in [0.25, 0.3) is 0 Å². The third-order valence-electron chi connectivity index (χ3n) is 5.08. The zero-order chi connectivity index (χ0) is 14.1. The smallest absolute Gasteiger partial charge is 0.116 e. The summed E-state index contributed by atoms with van der Waals surface area (Å²) in [6.07, 6.45) is -0.620. The fraction of sp³-hybridized carbons (Fsp3) is 1.00. The lowest BCUT2D eigenvalue weighted by molar-refractivity contribution is 0.693. The Kier molecular flexibility index (Phi) is 5.31. The lowest BCUT2D eigenvalue weighted by Gasteiger charge is -2.55. The molecule has 0 saturated carbocycles. The molecule has 4 rings (SSSR count). The van der Waals surface area contributed by atoms with Crippen LogP contribution in [0.4, 0.5) is 0 Å². The molecule has 0 aromatic heterocycles. The molecular formula is C12H24BN4S4-. The van der Waals surface area contributed by atoms with E-state index in [1.54, 1.807) is 0 Å². The van der Waals surface area contributed by atoms with E-state index in [-0.39, 0.29) is 0 Å². The molecule has 4 N–H and O–H groups in total. The number of nitrogens with one attached hydrogen (secondary N) is 4. The van der Waals surface area contributed by atoms with Gasteiger partial charge in [-0.15, -0.1) is 0 Å². The van der Waals surface area contributed by atoms with Gasteiger partial charge in [0, 0.05) is 49.2 Å². The second-order valence-electron chi connectivity index (χ2n) is 6.14. The fourth-order valence-corrected chi connectivity index (χ4v) is 10.9. The van der Waals surface area contributed by atoms with Crippen LogP contribution in [0.15, 0.2) is 0 Å². The zero-order valence-electron chi connectivity index (χ0n) is 12.2. The molecule has 4 nitrogen and oxygen atoms in total. The topological polar surface area (TPSA) is 48.1 Å². The summed E-state index contributed by atoms with van der Waals surface area (Å²) < 4.78 is 0. The maximum absolute atomic E-state index is 3.86. The molecule has 0 aromatic rings. The van der Waals surface area contributed by atoms with Crippen LogP contribution in [-0.4, -0.2) is 76.4 Å². The molecule has 21 heavy (non-hydrogen) atoms. The Hall–Kier alpha value is 1.30. The Bertz CT molecular complexity index is 284. The maximum atomic E-state index is 3.86. The van der Waals surface area contributed by atoms with E-state index in [2.05, 4.69) is 68.3 Å². The molecule has 0 aromatic carbocycles. The van der Waals surface area contributed by atoms with Crippen LogP contribution in [0, 0.1) is 0 Å². The van der Waals surface area contributed by atoms with E-state index >= 15 is 0 Å². The van der Waals surface area contributed by atoms with Gasteiger partial charge < -0.3 is 21.3 Å². The predicted octanol–water partition coefficient (Wildman–Crippen LogP) is 0.242. The molecule has 120 valence electrons. The molecule has 4 saturated heterocycles. The van der Waals surface area contributed by atoms with Crippen molar-refractivity contribution in [3.63, 3.8) is 0 Å². The van der Waals surface area contributed by atoms with Crippen LogP contribution in [0.1, 0.15) is 0 Å². The average Bonchev–Trinajstić information content (AvgIpc) is 3.32. The second kappa shape index (κ2) is 7.05. The summed E-state index contributed by atoms with van der Waals surface area (Å²) in [7, 11) is 0. The highest BCUT2D eigenvalue weighted by atomic mass is 32.2. The predicted molar refractivity (Wildman–Crippen MR) is 103 cm³/mol. The monoisotopic (exact) mass is 363 g/mol. The fourth-order valence-electron chi connectivity index (χ4n) is 4.22. The second-order valence-corrected chi connectivity index (χ2v) is 11.1. The van der Waals surface area contributed by atoms with Crippen LogP contribution in [0.2, 0.25) is 0 Å². The Morgan fingerprint density at radius 3 is 1.00 bits per heavy atom. The van der Waals surface area contributed by atoms with Crippen LogP contribution in [0.25, 0.3) is 0 Å². The van der Waals surface area contributed by atoms with Gasteiger partial charge in [0.05, 0.1) is 0 Å². The molecule has 4 heterocycles. The van der Waals surface area contributed by atoms with Crippen molar-refractivity contribution in [1.82, 2.24) is 21.3 Å². The molecule has 0 radical (unpaired) electrons. The lowest BCUT2D eigenvalue weighted by Crippen LogP contribution is -2.77. The van der Waals surface area contributed by atoms with Gasteiger partial charge in [-0.05, 0) is 0 Å². The van der Waals surface area contributed by atoms with Crippen LogP contribution >= 0.6 is 47.0 Å². The van der Waals surface area contributed by atoms with Crippen molar-refractivity contribution in [1.29, 1.82) is 0 Å². The van der Waals surface area contributed by atoms with E-state index in [0.717, 1.165) is 0 Å². The first kappa shape index (κ1) is 15.8. The van der Waals surface area contributed by atoms with Gasteiger partial charge in [-0.3, -0.25) is 0 Å².